The molecule has 1 unspecified atom stereocenters. The van der Waals surface area contributed by atoms with Crippen molar-refractivity contribution < 1.29 is 17.3 Å². The van der Waals surface area contributed by atoms with Gasteiger partial charge in [0.15, 0.2) is 11.5 Å². The molecule has 0 fully saturated rings. The topological polar surface area (TPSA) is 98.3 Å². The molecule has 172 valence electrons. The summed E-state index contributed by atoms with van der Waals surface area (Å²) in [6, 6.07) is 4.81. The van der Waals surface area contributed by atoms with Crippen LogP contribution in [0.3, 0.4) is 0 Å². The van der Waals surface area contributed by atoms with Crippen molar-refractivity contribution in [2.75, 3.05) is 12.9 Å². The number of hydrogen-bond acceptors (Lipinski definition) is 7. The molecule has 3 aromatic rings. The van der Waals surface area contributed by atoms with Crippen LogP contribution in [0.5, 0.6) is 11.5 Å². The Labute approximate surface area is 191 Å². The van der Waals surface area contributed by atoms with Gasteiger partial charge in [0.2, 0.25) is 0 Å². The summed E-state index contributed by atoms with van der Waals surface area (Å²) in [4.78, 5) is 22.7. The van der Waals surface area contributed by atoms with Crippen LogP contribution in [0.25, 0.3) is 21.6 Å². The average Bonchev–Trinajstić information content (AvgIpc) is 3.06. The minimum atomic E-state index is -3.70. The van der Waals surface area contributed by atoms with E-state index in [-0.39, 0.29) is 22.5 Å². The van der Waals surface area contributed by atoms with Crippen LogP contribution in [0.2, 0.25) is 0 Å². The van der Waals surface area contributed by atoms with Gasteiger partial charge in [-0.05, 0) is 61.3 Å². The van der Waals surface area contributed by atoms with Crippen molar-refractivity contribution in [1.29, 1.82) is 0 Å². The van der Waals surface area contributed by atoms with Gasteiger partial charge in [0, 0.05) is 10.4 Å². The molecule has 0 saturated carbocycles. The second kappa shape index (κ2) is 8.19. The molecule has 1 N–H and O–H groups in total. The smallest absolute Gasteiger partial charge is 0.306 e. The Morgan fingerprint density at radius 3 is 2.66 bits per heavy atom. The van der Waals surface area contributed by atoms with E-state index >= 15 is 0 Å². The number of fused-ring (bicyclic) bond motifs is 3. The summed E-state index contributed by atoms with van der Waals surface area (Å²) >= 11 is 1.60. The lowest BCUT2D eigenvalue weighted by molar-refractivity contribution is 0.218. The fourth-order valence-corrected chi connectivity index (χ4v) is 5.98. The Kier molecular flexibility index (Phi) is 5.83. The summed E-state index contributed by atoms with van der Waals surface area (Å²) in [5.41, 5.74) is 1.83. The lowest BCUT2D eigenvalue weighted by Crippen LogP contribution is -2.26. The summed E-state index contributed by atoms with van der Waals surface area (Å²) in [5, 5.41) is 0.697. The maximum Gasteiger partial charge on any atom is 0.306 e. The molecule has 2 heterocycles. The zero-order valence-electron chi connectivity index (χ0n) is 18.9. The van der Waals surface area contributed by atoms with Crippen LogP contribution < -0.4 is 14.5 Å². The largest absolute Gasteiger partial charge is 0.490 e. The fraction of sp³-hybridized carbons (Fsp3) is 0.478. The zero-order valence-corrected chi connectivity index (χ0v) is 20.6. The van der Waals surface area contributed by atoms with Crippen molar-refractivity contribution in [2.24, 2.45) is 11.3 Å². The number of thiophene rings is 1. The van der Waals surface area contributed by atoms with Crippen LogP contribution in [-0.2, 0) is 23.0 Å². The van der Waals surface area contributed by atoms with Gasteiger partial charge < -0.3 is 13.9 Å². The number of ether oxygens (including phenoxy) is 1. The number of benzene rings is 1. The van der Waals surface area contributed by atoms with E-state index in [1.807, 2.05) is 0 Å². The van der Waals surface area contributed by atoms with E-state index in [0.717, 1.165) is 35.9 Å². The molecule has 0 radical (unpaired) electrons. The minimum absolute atomic E-state index is 0.0985. The van der Waals surface area contributed by atoms with Gasteiger partial charge in [-0.3, -0.25) is 4.79 Å². The zero-order chi connectivity index (χ0) is 23.3. The van der Waals surface area contributed by atoms with Crippen LogP contribution in [0.1, 0.15) is 44.6 Å². The highest BCUT2D eigenvalue weighted by Crippen LogP contribution is 2.42. The van der Waals surface area contributed by atoms with E-state index < -0.39 is 10.1 Å². The molecular weight excluding hydrogens is 448 g/mol. The molecule has 1 atom stereocenters. The molecule has 1 aliphatic carbocycles. The third-order valence-corrected chi connectivity index (χ3v) is 7.53. The van der Waals surface area contributed by atoms with Crippen LogP contribution in [0.4, 0.5) is 0 Å². The molecule has 7 nitrogen and oxygen atoms in total. The maximum atomic E-state index is 13.0. The van der Waals surface area contributed by atoms with E-state index in [0.29, 0.717) is 29.3 Å². The lowest BCUT2D eigenvalue weighted by atomic mass is 9.72. The molecule has 0 bridgehead atoms. The van der Waals surface area contributed by atoms with E-state index in [1.165, 1.54) is 10.9 Å². The van der Waals surface area contributed by atoms with Crippen molar-refractivity contribution in [3.05, 3.63) is 39.0 Å². The number of rotatable bonds is 5. The molecule has 2 aromatic heterocycles. The summed E-state index contributed by atoms with van der Waals surface area (Å²) in [5.74, 6) is 1.37. The molecule has 0 amide bonds. The summed E-state index contributed by atoms with van der Waals surface area (Å²) in [6.07, 6.45) is 3.92. The molecular formula is C23H28N2O5S2. The van der Waals surface area contributed by atoms with E-state index in [2.05, 4.69) is 25.8 Å². The van der Waals surface area contributed by atoms with Crippen molar-refractivity contribution >= 4 is 31.7 Å². The molecule has 9 heteroatoms. The maximum absolute atomic E-state index is 13.0. The predicted octanol–water partition coefficient (Wildman–Crippen LogP) is 4.54. The van der Waals surface area contributed by atoms with Gasteiger partial charge in [-0.15, -0.1) is 11.3 Å². The number of nitrogens with one attached hydrogen (secondary N) is 1. The fourth-order valence-electron chi connectivity index (χ4n) is 4.22. The Bertz CT molecular complexity index is 1330. The first-order chi connectivity index (χ1) is 15.0. The Morgan fingerprint density at radius 2 is 2.00 bits per heavy atom. The number of H-pyrrole nitrogens is 1. The monoisotopic (exact) mass is 476 g/mol. The normalized spacial score (nSPS) is 16.7. The highest BCUT2D eigenvalue weighted by molar-refractivity contribution is 7.86. The Morgan fingerprint density at radius 1 is 1.25 bits per heavy atom. The van der Waals surface area contributed by atoms with E-state index in [4.69, 9.17) is 13.9 Å². The van der Waals surface area contributed by atoms with Crippen LogP contribution in [0.15, 0.2) is 23.0 Å². The van der Waals surface area contributed by atoms with Crippen LogP contribution in [0, 0.1) is 11.3 Å². The molecule has 1 aromatic carbocycles. The third kappa shape index (κ3) is 4.54. The average molecular weight is 477 g/mol. The van der Waals surface area contributed by atoms with Crippen molar-refractivity contribution in [3.8, 4) is 22.9 Å². The quantitative estimate of drug-likeness (QED) is 0.543. The molecule has 0 spiro atoms. The molecule has 0 saturated heterocycles. The van der Waals surface area contributed by atoms with Gasteiger partial charge in [0.25, 0.3) is 5.56 Å². The van der Waals surface area contributed by atoms with Gasteiger partial charge in [0.05, 0.1) is 18.2 Å². The first-order valence-corrected chi connectivity index (χ1v) is 13.3. The molecule has 32 heavy (non-hydrogen) atoms. The third-order valence-electron chi connectivity index (χ3n) is 5.90. The van der Waals surface area contributed by atoms with Crippen LogP contribution >= 0.6 is 11.3 Å². The number of hydrogen-bond donors (Lipinski definition) is 1. The first kappa shape index (κ1) is 22.8. The van der Waals surface area contributed by atoms with Crippen molar-refractivity contribution in [2.45, 2.75) is 47.0 Å². The SMILES string of the molecule is CCOc1cc(-c2nc3sc4c(c3c(=O)[nH]2)CCC(C(C)(C)C)C4)ccc1OS(C)(=O)=O. The summed E-state index contributed by atoms with van der Waals surface area (Å²) < 4.78 is 33.7. The second-order valence-corrected chi connectivity index (χ2v) is 11.9. The summed E-state index contributed by atoms with van der Waals surface area (Å²) in [7, 11) is -3.70. The molecule has 4 rings (SSSR count). The summed E-state index contributed by atoms with van der Waals surface area (Å²) in [6.45, 7) is 8.94. The lowest BCUT2D eigenvalue weighted by Gasteiger charge is -2.33. The van der Waals surface area contributed by atoms with Crippen molar-refractivity contribution in [3.63, 3.8) is 0 Å². The number of aryl methyl sites for hydroxylation is 1. The van der Waals surface area contributed by atoms with E-state index in [1.54, 1.807) is 30.4 Å². The minimum Gasteiger partial charge on any atom is -0.490 e. The first-order valence-electron chi connectivity index (χ1n) is 10.7. The van der Waals surface area contributed by atoms with Gasteiger partial charge in [-0.25, -0.2) is 4.98 Å². The van der Waals surface area contributed by atoms with E-state index in [9.17, 15) is 13.2 Å². The second-order valence-electron chi connectivity index (χ2n) is 9.29. The molecule has 1 aliphatic rings. The van der Waals surface area contributed by atoms with Gasteiger partial charge in [0.1, 0.15) is 10.7 Å². The van der Waals surface area contributed by atoms with Crippen molar-refractivity contribution in [1.82, 2.24) is 9.97 Å². The highest BCUT2D eigenvalue weighted by atomic mass is 32.2. The number of aromatic nitrogens is 2. The molecule has 0 aliphatic heterocycles. The predicted molar refractivity (Wildman–Crippen MR) is 127 cm³/mol. The Balaban J connectivity index is 1.76. The number of nitrogens with zero attached hydrogens (tertiary/aromatic N) is 1. The van der Waals surface area contributed by atoms with Gasteiger partial charge in [-0.2, -0.15) is 8.42 Å². The standard InChI is InChI=1S/C23H28N2O5S2/c1-6-29-17-11-13(7-10-16(17)30-32(5,27)28)20-24-21(26)19-15-9-8-14(23(2,3)4)12-18(15)31-22(19)25-20/h7,10-11,14H,6,8-9,12H2,1-5H3,(H,24,25,26). The van der Waals surface area contributed by atoms with Gasteiger partial charge in [-0.1, -0.05) is 20.8 Å². The van der Waals surface area contributed by atoms with Gasteiger partial charge >= 0.3 is 10.1 Å². The number of aromatic amines is 1. The Hall–Kier alpha value is -2.39. The highest BCUT2D eigenvalue weighted by Gasteiger charge is 2.31. The van der Waals surface area contributed by atoms with Crippen LogP contribution in [-0.4, -0.2) is 31.2 Å².